The van der Waals surface area contributed by atoms with Crippen molar-refractivity contribution in [2.24, 2.45) is 0 Å². The van der Waals surface area contributed by atoms with Gasteiger partial charge in [0.1, 0.15) is 12.4 Å². The summed E-state index contributed by atoms with van der Waals surface area (Å²) in [5, 5.41) is 0.712. The minimum atomic E-state index is 0.691. The van der Waals surface area contributed by atoms with Crippen LogP contribution in [0.15, 0.2) is 42.5 Å². The zero-order valence-electron chi connectivity index (χ0n) is 10.5. The van der Waals surface area contributed by atoms with Crippen LogP contribution in [0.3, 0.4) is 0 Å². The van der Waals surface area contributed by atoms with E-state index in [2.05, 4.69) is 11.0 Å². The maximum absolute atomic E-state index is 6.24. The summed E-state index contributed by atoms with van der Waals surface area (Å²) in [6.45, 7) is 2.32. The molecule has 1 heterocycles. The van der Waals surface area contributed by atoms with E-state index in [0.717, 1.165) is 30.1 Å². The van der Waals surface area contributed by atoms with Crippen molar-refractivity contribution in [3.05, 3.63) is 53.1 Å². The topological polar surface area (TPSA) is 38.5 Å². The predicted molar refractivity (Wildman–Crippen MR) is 78.9 cm³/mol. The Morgan fingerprint density at radius 3 is 2.89 bits per heavy atom. The van der Waals surface area contributed by atoms with Crippen molar-refractivity contribution < 1.29 is 4.74 Å². The molecule has 1 aliphatic heterocycles. The maximum atomic E-state index is 6.24. The Labute approximate surface area is 117 Å². The van der Waals surface area contributed by atoms with Gasteiger partial charge in [-0.3, -0.25) is 0 Å². The van der Waals surface area contributed by atoms with Gasteiger partial charge in [-0.25, -0.2) is 0 Å². The highest BCUT2D eigenvalue weighted by Crippen LogP contribution is 2.33. The van der Waals surface area contributed by atoms with Crippen molar-refractivity contribution in [2.75, 3.05) is 23.8 Å². The van der Waals surface area contributed by atoms with Crippen LogP contribution in [0.25, 0.3) is 0 Å². The van der Waals surface area contributed by atoms with Crippen molar-refractivity contribution in [1.82, 2.24) is 0 Å². The number of halogens is 1. The smallest absolute Gasteiger partial charge is 0.142 e. The summed E-state index contributed by atoms with van der Waals surface area (Å²) in [6, 6.07) is 13.7. The van der Waals surface area contributed by atoms with E-state index in [4.69, 9.17) is 22.1 Å². The van der Waals surface area contributed by atoms with E-state index in [1.165, 1.54) is 0 Å². The first-order chi connectivity index (χ1) is 9.24. The highest BCUT2D eigenvalue weighted by molar-refractivity contribution is 6.31. The Kier molecular flexibility index (Phi) is 3.22. The van der Waals surface area contributed by atoms with E-state index in [-0.39, 0.29) is 0 Å². The standard InChI is InChI=1S/C15H15ClN2O/c16-13-9-12(17)6-5-11(13)10-18-7-8-19-15-4-2-1-3-14(15)18/h1-6,9H,7-8,10,17H2. The summed E-state index contributed by atoms with van der Waals surface area (Å²) in [4.78, 5) is 2.27. The lowest BCUT2D eigenvalue weighted by Gasteiger charge is -2.31. The van der Waals surface area contributed by atoms with Gasteiger partial charge in [0.15, 0.2) is 0 Å². The second-order valence-corrected chi connectivity index (χ2v) is 5.00. The Morgan fingerprint density at radius 1 is 1.21 bits per heavy atom. The van der Waals surface area contributed by atoms with Crippen LogP contribution in [0.4, 0.5) is 11.4 Å². The second kappa shape index (κ2) is 5.02. The minimum absolute atomic E-state index is 0.691. The largest absolute Gasteiger partial charge is 0.490 e. The van der Waals surface area contributed by atoms with Crippen LogP contribution in [0.2, 0.25) is 5.02 Å². The van der Waals surface area contributed by atoms with E-state index < -0.39 is 0 Å². The molecule has 0 fully saturated rings. The third kappa shape index (κ3) is 2.47. The summed E-state index contributed by atoms with van der Waals surface area (Å²) < 4.78 is 5.65. The molecular formula is C15H15ClN2O. The van der Waals surface area contributed by atoms with E-state index >= 15 is 0 Å². The number of para-hydroxylation sites is 2. The van der Waals surface area contributed by atoms with Crippen LogP contribution >= 0.6 is 11.6 Å². The fraction of sp³-hybridized carbons (Fsp3) is 0.200. The van der Waals surface area contributed by atoms with Gasteiger partial charge >= 0.3 is 0 Å². The first kappa shape index (κ1) is 12.2. The molecule has 0 bridgehead atoms. The third-order valence-electron chi connectivity index (χ3n) is 3.26. The molecule has 2 aromatic rings. The summed E-state index contributed by atoms with van der Waals surface area (Å²) >= 11 is 6.24. The lowest BCUT2D eigenvalue weighted by atomic mass is 10.1. The van der Waals surface area contributed by atoms with Crippen LogP contribution in [0, 0.1) is 0 Å². The molecule has 3 nitrogen and oxygen atoms in total. The maximum Gasteiger partial charge on any atom is 0.142 e. The number of ether oxygens (including phenoxy) is 1. The van der Waals surface area contributed by atoms with Gasteiger partial charge in [-0.1, -0.05) is 29.8 Å². The van der Waals surface area contributed by atoms with E-state index in [0.29, 0.717) is 17.3 Å². The van der Waals surface area contributed by atoms with Gasteiger partial charge in [-0.2, -0.15) is 0 Å². The molecule has 2 aromatic carbocycles. The molecular weight excluding hydrogens is 260 g/mol. The number of hydrogen-bond donors (Lipinski definition) is 1. The van der Waals surface area contributed by atoms with Gasteiger partial charge < -0.3 is 15.4 Å². The molecule has 0 unspecified atom stereocenters. The molecule has 0 spiro atoms. The molecule has 0 aromatic heterocycles. The summed E-state index contributed by atoms with van der Waals surface area (Å²) in [5.41, 5.74) is 8.60. The van der Waals surface area contributed by atoms with Gasteiger partial charge in [0.05, 0.1) is 12.2 Å². The molecule has 19 heavy (non-hydrogen) atoms. The van der Waals surface area contributed by atoms with Crippen LogP contribution in [0.1, 0.15) is 5.56 Å². The first-order valence-electron chi connectivity index (χ1n) is 6.25. The number of nitrogen functional groups attached to an aromatic ring is 1. The molecule has 2 N–H and O–H groups in total. The average molecular weight is 275 g/mol. The van der Waals surface area contributed by atoms with Gasteiger partial charge in [-0.15, -0.1) is 0 Å². The number of nitrogens with zero attached hydrogens (tertiary/aromatic N) is 1. The molecule has 0 saturated carbocycles. The summed E-state index contributed by atoms with van der Waals surface area (Å²) in [5.74, 6) is 0.931. The first-order valence-corrected chi connectivity index (χ1v) is 6.62. The molecule has 0 amide bonds. The number of hydrogen-bond acceptors (Lipinski definition) is 3. The monoisotopic (exact) mass is 274 g/mol. The number of nitrogens with two attached hydrogens (primary N) is 1. The Balaban J connectivity index is 1.88. The average Bonchev–Trinajstić information content (AvgIpc) is 2.42. The second-order valence-electron chi connectivity index (χ2n) is 4.59. The third-order valence-corrected chi connectivity index (χ3v) is 3.61. The molecule has 0 aliphatic carbocycles. The van der Waals surface area contributed by atoms with Crippen molar-refractivity contribution in [1.29, 1.82) is 0 Å². The fourth-order valence-electron chi connectivity index (χ4n) is 2.29. The number of benzene rings is 2. The zero-order chi connectivity index (χ0) is 13.2. The van der Waals surface area contributed by atoms with Crippen molar-refractivity contribution >= 4 is 23.0 Å². The van der Waals surface area contributed by atoms with E-state index in [9.17, 15) is 0 Å². The molecule has 98 valence electrons. The minimum Gasteiger partial charge on any atom is -0.490 e. The van der Waals surface area contributed by atoms with Crippen LogP contribution < -0.4 is 15.4 Å². The van der Waals surface area contributed by atoms with Gasteiger partial charge in [0.25, 0.3) is 0 Å². The lowest BCUT2D eigenvalue weighted by molar-refractivity contribution is 0.307. The molecule has 3 rings (SSSR count). The fourth-order valence-corrected chi connectivity index (χ4v) is 2.54. The lowest BCUT2D eigenvalue weighted by Crippen LogP contribution is -2.32. The highest BCUT2D eigenvalue weighted by atomic mass is 35.5. The molecule has 0 saturated heterocycles. The van der Waals surface area contributed by atoms with E-state index in [1.54, 1.807) is 6.07 Å². The van der Waals surface area contributed by atoms with Gasteiger partial charge in [-0.05, 0) is 29.8 Å². The van der Waals surface area contributed by atoms with Crippen LogP contribution in [-0.4, -0.2) is 13.2 Å². The highest BCUT2D eigenvalue weighted by Gasteiger charge is 2.18. The normalized spacial score (nSPS) is 13.8. The number of anilines is 2. The molecule has 0 radical (unpaired) electrons. The van der Waals surface area contributed by atoms with Gasteiger partial charge in [0.2, 0.25) is 0 Å². The predicted octanol–water partition coefficient (Wildman–Crippen LogP) is 3.32. The zero-order valence-corrected chi connectivity index (χ0v) is 11.2. The molecule has 0 atom stereocenters. The van der Waals surface area contributed by atoms with Crippen molar-refractivity contribution in [3.8, 4) is 5.75 Å². The van der Waals surface area contributed by atoms with Crippen molar-refractivity contribution in [3.63, 3.8) is 0 Å². The number of rotatable bonds is 2. The van der Waals surface area contributed by atoms with Gasteiger partial charge in [0, 0.05) is 17.3 Å². The Morgan fingerprint density at radius 2 is 2.05 bits per heavy atom. The quantitative estimate of drug-likeness (QED) is 0.854. The van der Waals surface area contributed by atoms with Crippen molar-refractivity contribution in [2.45, 2.75) is 6.54 Å². The Hall–Kier alpha value is -1.87. The summed E-state index contributed by atoms with van der Waals surface area (Å²) in [7, 11) is 0. The SMILES string of the molecule is Nc1ccc(CN2CCOc3ccccc32)c(Cl)c1. The Bertz CT molecular complexity index is 600. The van der Waals surface area contributed by atoms with Crippen LogP contribution in [-0.2, 0) is 6.54 Å². The number of fused-ring (bicyclic) bond motifs is 1. The molecule has 4 heteroatoms. The van der Waals surface area contributed by atoms with E-state index in [1.807, 2.05) is 30.3 Å². The van der Waals surface area contributed by atoms with Crippen LogP contribution in [0.5, 0.6) is 5.75 Å². The summed E-state index contributed by atoms with van der Waals surface area (Å²) in [6.07, 6.45) is 0. The molecule has 1 aliphatic rings.